The third-order valence-electron chi connectivity index (χ3n) is 8.07. The summed E-state index contributed by atoms with van der Waals surface area (Å²) in [5.74, 6) is -0.527. The van der Waals surface area contributed by atoms with Crippen molar-refractivity contribution in [2.75, 3.05) is 18.1 Å². The molecule has 1 N–H and O–H groups in total. The zero-order chi connectivity index (χ0) is 46.2. The van der Waals surface area contributed by atoms with E-state index < -0.39 is 69.0 Å². The Morgan fingerprint density at radius 2 is 1.49 bits per heavy atom. The van der Waals surface area contributed by atoms with Crippen molar-refractivity contribution in [3.05, 3.63) is 66.4 Å². The first-order chi connectivity index (χ1) is 28.5. The Balaban J connectivity index is 1.59. The highest BCUT2D eigenvalue weighted by Gasteiger charge is 2.37. The van der Waals surface area contributed by atoms with E-state index >= 15 is 0 Å². The lowest BCUT2D eigenvalue weighted by Gasteiger charge is -2.32. The molecule has 1 fully saturated rings. The monoisotopic (exact) mass is 784 g/mol. The summed E-state index contributed by atoms with van der Waals surface area (Å²) in [7, 11) is -5.34. The maximum absolute atomic E-state index is 13.7. The SMILES string of the molecule is [2H]C([2H])([2H])C([2H])(C([2H])([2H])[2H])S(=O)(=O)c1ccc(-c2cnc(N(C(=O)OC(C)(C)C)C(=O)OC(C)(C)C)c(-c3cc(-c4ccc(CN(C(=O)O)C5CCOCC5)cc4)no3)n2)cc1. The lowest BCUT2D eigenvalue weighted by Crippen LogP contribution is -2.44. The van der Waals surface area contributed by atoms with Gasteiger partial charge in [0.1, 0.15) is 16.9 Å². The van der Waals surface area contributed by atoms with Gasteiger partial charge in [-0.3, -0.25) is 0 Å². The Hall–Kier alpha value is -5.35. The Morgan fingerprint density at radius 3 is 2.04 bits per heavy atom. The number of benzene rings is 2. The molecule has 0 spiro atoms. The second-order valence-electron chi connectivity index (χ2n) is 14.6. The fourth-order valence-electron chi connectivity index (χ4n) is 5.49. The molecule has 1 aliphatic rings. The summed E-state index contributed by atoms with van der Waals surface area (Å²) < 4.78 is 103. The van der Waals surface area contributed by atoms with Crippen LogP contribution >= 0.6 is 0 Å². The zero-order valence-electron chi connectivity index (χ0n) is 38.2. The number of carbonyl (C=O) groups is 3. The smallest absolute Gasteiger partial charge is 0.425 e. The average Bonchev–Trinajstić information content (AvgIpc) is 3.65. The van der Waals surface area contributed by atoms with Crippen molar-refractivity contribution in [1.29, 1.82) is 0 Å². The van der Waals surface area contributed by atoms with E-state index in [1.165, 1.54) is 23.1 Å². The fourth-order valence-corrected chi connectivity index (χ4v) is 6.22. The number of carboxylic acid groups (broad SMARTS) is 1. The van der Waals surface area contributed by atoms with Crippen molar-refractivity contribution in [2.24, 2.45) is 0 Å². The second-order valence-corrected chi connectivity index (χ2v) is 16.5. The van der Waals surface area contributed by atoms with Crippen molar-refractivity contribution in [3.63, 3.8) is 0 Å². The molecule has 55 heavy (non-hydrogen) atoms. The van der Waals surface area contributed by atoms with Crippen molar-refractivity contribution >= 4 is 33.9 Å². The van der Waals surface area contributed by atoms with Crippen LogP contribution in [0.25, 0.3) is 34.0 Å². The van der Waals surface area contributed by atoms with Gasteiger partial charge in [-0.25, -0.2) is 32.8 Å². The minimum atomic E-state index is -5.34. The number of ether oxygens (including phenoxy) is 3. The lowest BCUT2D eigenvalue weighted by molar-refractivity contribution is 0.0331. The summed E-state index contributed by atoms with van der Waals surface area (Å²) in [6.45, 7) is 3.04. The molecule has 1 aliphatic heterocycles. The minimum Gasteiger partial charge on any atom is -0.465 e. The molecule has 16 heteroatoms. The molecule has 0 aliphatic carbocycles. The van der Waals surface area contributed by atoms with Gasteiger partial charge in [-0.05, 0) is 85.8 Å². The standard InChI is InChI=1S/C39H47N5O10S/c1-24(2)55(49,50)29-15-13-27(14-16-29)31-22-40-34(44(36(47)52-38(3,4)5)37(48)53-39(6,7)8)33(41-31)32-21-30(42-54-32)26-11-9-25(10-12-26)23-43(35(45)46)28-17-19-51-20-18-28/h9-16,21-22,24,28H,17-20,23H2,1-8H3,(H,45,46)/i1D3,2D3,24D. The van der Waals surface area contributed by atoms with Gasteiger partial charge in [0.05, 0.1) is 22.0 Å². The van der Waals surface area contributed by atoms with Crippen LogP contribution in [-0.4, -0.2) is 87.5 Å². The lowest BCUT2D eigenvalue weighted by atomic mass is 10.0. The number of rotatable bonds is 9. The molecule has 0 unspecified atom stereocenters. The topological polar surface area (TPSA) is 192 Å². The predicted molar refractivity (Wildman–Crippen MR) is 203 cm³/mol. The third kappa shape index (κ3) is 10.0. The highest BCUT2D eigenvalue weighted by molar-refractivity contribution is 7.92. The number of imide groups is 1. The number of aromatic nitrogens is 3. The first-order valence-electron chi connectivity index (χ1n) is 20.7. The minimum absolute atomic E-state index is 0.000351. The molecule has 0 saturated carbocycles. The molecule has 3 amide bonds. The summed E-state index contributed by atoms with van der Waals surface area (Å²) in [5, 5.41) is 10.2. The Kier molecular flexibility index (Phi) is 9.39. The maximum Gasteiger partial charge on any atom is 0.425 e. The molecule has 294 valence electrons. The highest BCUT2D eigenvalue weighted by atomic mass is 32.2. The summed E-state index contributed by atoms with van der Waals surface area (Å²) in [6.07, 6.45) is -1.11. The van der Waals surface area contributed by atoms with Gasteiger partial charge in [-0.1, -0.05) is 41.6 Å². The van der Waals surface area contributed by atoms with Crippen LogP contribution < -0.4 is 4.90 Å². The van der Waals surface area contributed by atoms with Gasteiger partial charge in [0.15, 0.2) is 27.1 Å². The summed E-state index contributed by atoms with van der Waals surface area (Å²) in [4.78, 5) is 49.8. The molecule has 2 aromatic carbocycles. The van der Waals surface area contributed by atoms with E-state index in [1.807, 2.05) is 0 Å². The molecular formula is C39H47N5O10S. The van der Waals surface area contributed by atoms with E-state index in [0.717, 1.165) is 18.3 Å². The molecule has 0 radical (unpaired) electrons. The second kappa shape index (κ2) is 16.2. The van der Waals surface area contributed by atoms with Crippen molar-refractivity contribution < 1.29 is 56.2 Å². The molecule has 1 saturated heterocycles. The van der Waals surface area contributed by atoms with E-state index in [4.69, 9.17) is 28.3 Å². The Labute approximate surface area is 330 Å². The van der Waals surface area contributed by atoms with Gasteiger partial charge in [-0.15, -0.1) is 0 Å². The van der Waals surface area contributed by atoms with Gasteiger partial charge in [0.2, 0.25) is 0 Å². The zero-order valence-corrected chi connectivity index (χ0v) is 32.0. The maximum atomic E-state index is 13.7. The first kappa shape index (κ1) is 31.9. The van der Waals surface area contributed by atoms with Crippen LogP contribution in [0, 0.1) is 0 Å². The quantitative estimate of drug-likeness (QED) is 0.172. The molecule has 5 rings (SSSR count). The first-order valence-corrected chi connectivity index (χ1v) is 18.6. The average molecular weight is 785 g/mol. The number of amides is 3. The van der Waals surface area contributed by atoms with Crippen LogP contribution in [-0.2, 0) is 30.6 Å². The van der Waals surface area contributed by atoms with Crippen LogP contribution in [0.5, 0.6) is 0 Å². The normalized spacial score (nSPS) is 16.6. The number of hydrogen-bond donors (Lipinski definition) is 1. The summed E-state index contributed by atoms with van der Waals surface area (Å²) >= 11 is 0. The van der Waals surface area contributed by atoms with Crippen LogP contribution in [0.15, 0.2) is 70.2 Å². The molecule has 0 bridgehead atoms. The Bertz CT molecular complexity index is 2350. The number of nitrogens with zero attached hydrogens (tertiary/aromatic N) is 5. The van der Waals surface area contributed by atoms with Crippen LogP contribution in [0.4, 0.5) is 20.2 Å². The number of anilines is 1. The van der Waals surface area contributed by atoms with Gasteiger partial charge < -0.3 is 28.7 Å². The van der Waals surface area contributed by atoms with E-state index in [2.05, 4.69) is 15.1 Å². The van der Waals surface area contributed by atoms with Gasteiger partial charge >= 0.3 is 18.3 Å². The number of hydrogen-bond acceptors (Lipinski definition) is 12. The van der Waals surface area contributed by atoms with Crippen LogP contribution in [0.1, 0.15) is 83.2 Å². The van der Waals surface area contributed by atoms with Crippen LogP contribution in [0.3, 0.4) is 0 Å². The van der Waals surface area contributed by atoms with Gasteiger partial charge in [0.25, 0.3) is 0 Å². The molecule has 3 heterocycles. The molecule has 15 nitrogen and oxygen atoms in total. The van der Waals surface area contributed by atoms with E-state index in [-0.39, 0.29) is 41.0 Å². The highest BCUT2D eigenvalue weighted by Crippen LogP contribution is 2.35. The van der Waals surface area contributed by atoms with Crippen molar-refractivity contribution in [2.45, 2.75) is 102 Å². The largest absolute Gasteiger partial charge is 0.465 e. The van der Waals surface area contributed by atoms with Crippen molar-refractivity contribution in [1.82, 2.24) is 20.0 Å². The van der Waals surface area contributed by atoms with E-state index in [0.29, 0.717) is 42.1 Å². The number of sulfone groups is 1. The van der Waals surface area contributed by atoms with Gasteiger partial charge in [0, 0.05) is 52.6 Å². The molecular weight excluding hydrogens is 731 g/mol. The molecule has 0 atom stereocenters. The fraction of sp³-hybridized carbons (Fsp3) is 0.436. The molecule has 4 aromatic rings. The van der Waals surface area contributed by atoms with Crippen LogP contribution in [0.2, 0.25) is 0 Å². The summed E-state index contributed by atoms with van der Waals surface area (Å²) in [6, 6.07) is 12.4. The predicted octanol–water partition coefficient (Wildman–Crippen LogP) is 7.98. The van der Waals surface area contributed by atoms with Gasteiger partial charge in [-0.2, -0.15) is 4.90 Å². The van der Waals surface area contributed by atoms with E-state index in [9.17, 15) is 27.9 Å². The third-order valence-corrected chi connectivity index (χ3v) is 9.50. The molecule has 2 aromatic heterocycles. The van der Waals surface area contributed by atoms with E-state index in [1.54, 1.807) is 65.8 Å². The summed E-state index contributed by atoms with van der Waals surface area (Å²) in [5.41, 5.74) is -0.773. The van der Waals surface area contributed by atoms with Crippen molar-refractivity contribution in [3.8, 4) is 34.0 Å². The Morgan fingerprint density at radius 1 is 0.927 bits per heavy atom. The number of carbonyl (C=O) groups excluding carboxylic acids is 2.